The summed E-state index contributed by atoms with van der Waals surface area (Å²) in [4.78, 5) is 34.9. The van der Waals surface area contributed by atoms with E-state index < -0.39 is 6.10 Å². The van der Waals surface area contributed by atoms with Gasteiger partial charge in [0.1, 0.15) is 5.82 Å². The van der Waals surface area contributed by atoms with E-state index in [0.29, 0.717) is 30.9 Å². The molecular weight excluding hydrogens is 376 g/mol. The molecule has 8 heteroatoms. The van der Waals surface area contributed by atoms with Crippen LogP contribution in [0, 0.1) is 0 Å². The zero-order valence-corrected chi connectivity index (χ0v) is 15.4. The summed E-state index contributed by atoms with van der Waals surface area (Å²) in [6.45, 7) is 4.40. The fourth-order valence-corrected chi connectivity index (χ4v) is 2.47. The van der Waals surface area contributed by atoms with Crippen molar-refractivity contribution in [3.05, 3.63) is 22.6 Å². The lowest BCUT2D eigenvalue weighted by Gasteiger charge is -2.10. The maximum Gasteiger partial charge on any atom is 0.306 e. The van der Waals surface area contributed by atoms with Gasteiger partial charge in [0.2, 0.25) is 5.91 Å². The van der Waals surface area contributed by atoms with E-state index in [4.69, 9.17) is 4.74 Å². The number of carbonyl (C=O) groups excluding carboxylic acids is 2. The number of amides is 1. The van der Waals surface area contributed by atoms with Gasteiger partial charge in [0, 0.05) is 30.1 Å². The summed E-state index contributed by atoms with van der Waals surface area (Å²) in [6, 6.07) is 1.86. The molecular formula is C16H21BrN4O3. The molecule has 0 radical (unpaired) electrons. The second kappa shape index (κ2) is 8.77. The van der Waals surface area contributed by atoms with Crippen LogP contribution in [0.2, 0.25) is 0 Å². The van der Waals surface area contributed by atoms with Crippen molar-refractivity contribution < 1.29 is 14.3 Å². The van der Waals surface area contributed by atoms with E-state index in [2.05, 4.69) is 36.2 Å². The minimum Gasteiger partial charge on any atom is -0.454 e. The van der Waals surface area contributed by atoms with Gasteiger partial charge in [-0.1, -0.05) is 6.92 Å². The topological polar surface area (TPSA) is 97.0 Å². The fraction of sp³-hybridized carbons (Fsp3) is 0.500. The Morgan fingerprint density at radius 2 is 2.21 bits per heavy atom. The predicted molar refractivity (Wildman–Crippen MR) is 93.2 cm³/mol. The van der Waals surface area contributed by atoms with Crippen molar-refractivity contribution in [1.82, 2.24) is 20.3 Å². The van der Waals surface area contributed by atoms with Crippen LogP contribution in [0.25, 0.3) is 11.2 Å². The van der Waals surface area contributed by atoms with Crippen LogP contribution in [0.3, 0.4) is 0 Å². The number of pyridine rings is 1. The summed E-state index contributed by atoms with van der Waals surface area (Å²) < 4.78 is 6.20. The average Bonchev–Trinajstić information content (AvgIpc) is 2.96. The van der Waals surface area contributed by atoms with Crippen LogP contribution in [0.5, 0.6) is 0 Å². The first kappa shape index (κ1) is 18.4. The predicted octanol–water partition coefficient (Wildman–Crippen LogP) is 3.02. The molecule has 2 rings (SSSR count). The number of aromatic amines is 1. The number of ether oxygens (including phenoxy) is 1. The van der Waals surface area contributed by atoms with Crippen molar-refractivity contribution in [3.63, 3.8) is 0 Å². The number of halogens is 1. The molecule has 0 bridgehead atoms. The maximum absolute atomic E-state index is 11.9. The van der Waals surface area contributed by atoms with E-state index in [1.807, 2.05) is 13.0 Å². The van der Waals surface area contributed by atoms with Crippen molar-refractivity contribution >= 4 is 39.0 Å². The first-order valence-corrected chi connectivity index (χ1v) is 8.76. The number of carbonyl (C=O) groups is 2. The van der Waals surface area contributed by atoms with Gasteiger partial charge in [0.15, 0.2) is 11.8 Å². The highest BCUT2D eigenvalue weighted by Crippen LogP contribution is 2.20. The van der Waals surface area contributed by atoms with E-state index in [1.165, 1.54) is 0 Å². The largest absolute Gasteiger partial charge is 0.454 e. The molecule has 0 unspecified atom stereocenters. The Kier molecular flexibility index (Phi) is 6.72. The second-order valence-corrected chi connectivity index (χ2v) is 6.40. The van der Waals surface area contributed by atoms with Crippen LogP contribution < -0.4 is 5.32 Å². The minimum absolute atomic E-state index is 0.0355. The third-order valence-corrected chi connectivity index (χ3v) is 3.81. The van der Waals surface area contributed by atoms with Crippen molar-refractivity contribution in [2.24, 2.45) is 0 Å². The number of fused-ring (bicyclic) bond motifs is 1. The zero-order valence-electron chi connectivity index (χ0n) is 13.8. The lowest BCUT2D eigenvalue weighted by atomic mass is 10.2. The molecule has 0 saturated heterocycles. The monoisotopic (exact) mass is 396 g/mol. The third kappa shape index (κ3) is 5.30. The Balaban J connectivity index is 1.81. The van der Waals surface area contributed by atoms with Gasteiger partial charge in [0.05, 0.1) is 5.52 Å². The lowest BCUT2D eigenvalue weighted by molar-refractivity contribution is -0.149. The smallest absolute Gasteiger partial charge is 0.306 e. The molecule has 2 aromatic heterocycles. The van der Waals surface area contributed by atoms with Crippen molar-refractivity contribution in [2.45, 2.75) is 45.6 Å². The minimum atomic E-state index is -0.501. The number of nitrogens with one attached hydrogen (secondary N) is 2. The number of esters is 1. The molecule has 0 aromatic carbocycles. The van der Waals surface area contributed by atoms with E-state index in [0.717, 1.165) is 16.4 Å². The van der Waals surface area contributed by atoms with Crippen molar-refractivity contribution in [3.8, 4) is 0 Å². The van der Waals surface area contributed by atoms with Crippen LogP contribution in [-0.4, -0.2) is 33.4 Å². The van der Waals surface area contributed by atoms with E-state index in [1.54, 1.807) is 13.1 Å². The SMILES string of the molecule is CCCNC(=O)CCCC(=O)O[C@H](C)c1nc2ncc(Br)cc2[nH]1. The summed E-state index contributed by atoms with van der Waals surface area (Å²) in [5.74, 6) is 0.164. The summed E-state index contributed by atoms with van der Waals surface area (Å²) in [5, 5.41) is 2.78. The molecule has 0 aliphatic heterocycles. The zero-order chi connectivity index (χ0) is 17.5. The van der Waals surface area contributed by atoms with Crippen molar-refractivity contribution in [2.75, 3.05) is 6.54 Å². The molecule has 2 heterocycles. The standard InChI is InChI=1S/C16H21BrN4O3/c1-3-7-18-13(22)5-4-6-14(23)24-10(2)15-20-12-8-11(17)9-19-16(12)21-15/h8-10H,3-7H2,1-2H3,(H,18,22)(H,19,20,21)/t10-/m1/s1. The fourth-order valence-electron chi connectivity index (χ4n) is 2.14. The molecule has 7 nitrogen and oxygen atoms in total. The normalized spacial score (nSPS) is 12.1. The molecule has 24 heavy (non-hydrogen) atoms. The number of H-pyrrole nitrogens is 1. The Hall–Kier alpha value is -1.96. The molecule has 0 aliphatic carbocycles. The number of hydrogen-bond acceptors (Lipinski definition) is 5. The molecule has 1 amide bonds. The number of hydrogen-bond donors (Lipinski definition) is 2. The van der Waals surface area contributed by atoms with Crippen LogP contribution in [0.15, 0.2) is 16.7 Å². The lowest BCUT2D eigenvalue weighted by Crippen LogP contribution is -2.23. The van der Waals surface area contributed by atoms with E-state index in [-0.39, 0.29) is 18.3 Å². The first-order chi connectivity index (χ1) is 11.5. The molecule has 130 valence electrons. The number of aromatic nitrogens is 3. The third-order valence-electron chi connectivity index (χ3n) is 3.37. The highest BCUT2D eigenvalue weighted by atomic mass is 79.9. The molecule has 0 aliphatic rings. The second-order valence-electron chi connectivity index (χ2n) is 5.48. The molecule has 0 saturated carbocycles. The number of rotatable bonds is 8. The van der Waals surface area contributed by atoms with Gasteiger partial charge in [0.25, 0.3) is 0 Å². The van der Waals surface area contributed by atoms with E-state index >= 15 is 0 Å². The molecule has 2 aromatic rings. The van der Waals surface area contributed by atoms with Crippen LogP contribution in [0.4, 0.5) is 0 Å². The van der Waals surface area contributed by atoms with Gasteiger partial charge in [-0.25, -0.2) is 9.97 Å². The van der Waals surface area contributed by atoms with Gasteiger partial charge < -0.3 is 15.0 Å². The molecule has 2 N–H and O–H groups in total. The summed E-state index contributed by atoms with van der Waals surface area (Å²) in [7, 11) is 0. The van der Waals surface area contributed by atoms with Gasteiger partial charge in [-0.2, -0.15) is 0 Å². The molecule has 0 fully saturated rings. The Labute approximate surface area is 148 Å². The van der Waals surface area contributed by atoms with Crippen LogP contribution in [0.1, 0.15) is 51.5 Å². The average molecular weight is 397 g/mol. The highest BCUT2D eigenvalue weighted by Gasteiger charge is 2.16. The van der Waals surface area contributed by atoms with Crippen molar-refractivity contribution in [1.29, 1.82) is 0 Å². The van der Waals surface area contributed by atoms with E-state index in [9.17, 15) is 9.59 Å². The van der Waals surface area contributed by atoms with Crippen LogP contribution >= 0.6 is 15.9 Å². The Bertz CT molecular complexity index is 716. The number of nitrogens with zero attached hydrogens (tertiary/aromatic N) is 2. The first-order valence-electron chi connectivity index (χ1n) is 7.97. The maximum atomic E-state index is 11.9. The van der Waals surface area contributed by atoms with Gasteiger partial charge in [-0.3, -0.25) is 9.59 Å². The molecule has 0 spiro atoms. The Morgan fingerprint density at radius 3 is 2.96 bits per heavy atom. The summed E-state index contributed by atoms with van der Waals surface area (Å²) in [6.07, 6.45) is 3.05. The van der Waals surface area contributed by atoms with Gasteiger partial charge in [-0.15, -0.1) is 0 Å². The number of imidazole rings is 1. The molecule has 1 atom stereocenters. The quantitative estimate of drug-likeness (QED) is 0.668. The highest BCUT2D eigenvalue weighted by molar-refractivity contribution is 9.10. The van der Waals surface area contributed by atoms with Gasteiger partial charge >= 0.3 is 5.97 Å². The Morgan fingerprint density at radius 1 is 1.42 bits per heavy atom. The summed E-state index contributed by atoms with van der Waals surface area (Å²) in [5.41, 5.74) is 1.35. The summed E-state index contributed by atoms with van der Waals surface area (Å²) >= 11 is 3.35. The van der Waals surface area contributed by atoms with Gasteiger partial charge in [-0.05, 0) is 41.8 Å². The van der Waals surface area contributed by atoms with Crippen LogP contribution in [-0.2, 0) is 14.3 Å².